The van der Waals surface area contributed by atoms with Gasteiger partial charge >= 0.3 is 0 Å². The first-order valence-electron chi connectivity index (χ1n) is 7.61. The summed E-state index contributed by atoms with van der Waals surface area (Å²) in [6, 6.07) is 20.9. The highest BCUT2D eigenvalue weighted by Gasteiger charge is 2.15. The van der Waals surface area contributed by atoms with E-state index in [1.165, 1.54) is 27.6 Å². The van der Waals surface area contributed by atoms with Crippen LogP contribution in [0.1, 0.15) is 22.3 Å². The molecule has 0 bridgehead atoms. The van der Waals surface area contributed by atoms with Crippen molar-refractivity contribution in [1.82, 2.24) is 0 Å². The van der Waals surface area contributed by atoms with E-state index in [4.69, 9.17) is 5.26 Å². The fourth-order valence-electron chi connectivity index (χ4n) is 3.35. The lowest BCUT2D eigenvalue weighted by Gasteiger charge is -2.12. The average molecular weight is 284 g/mol. The van der Waals surface area contributed by atoms with Crippen LogP contribution >= 0.6 is 0 Å². The van der Waals surface area contributed by atoms with Crippen LogP contribution in [0.5, 0.6) is 0 Å². The summed E-state index contributed by atoms with van der Waals surface area (Å²) < 4.78 is 0. The van der Waals surface area contributed by atoms with Crippen molar-refractivity contribution in [3.63, 3.8) is 0 Å². The van der Waals surface area contributed by atoms with Crippen molar-refractivity contribution >= 4 is 16.5 Å². The zero-order chi connectivity index (χ0) is 14.9. The Balaban J connectivity index is 1.67. The van der Waals surface area contributed by atoms with Gasteiger partial charge in [-0.3, -0.25) is 0 Å². The van der Waals surface area contributed by atoms with E-state index in [9.17, 15) is 0 Å². The summed E-state index contributed by atoms with van der Waals surface area (Å²) in [5, 5.41) is 15.3. The topological polar surface area (TPSA) is 35.8 Å². The van der Waals surface area contributed by atoms with E-state index < -0.39 is 0 Å². The van der Waals surface area contributed by atoms with Crippen LogP contribution in [0.4, 0.5) is 5.69 Å². The molecule has 0 saturated heterocycles. The summed E-state index contributed by atoms with van der Waals surface area (Å²) >= 11 is 0. The Bertz CT molecular complexity index is 893. The van der Waals surface area contributed by atoms with Gasteiger partial charge in [-0.25, -0.2) is 0 Å². The van der Waals surface area contributed by atoms with Gasteiger partial charge in [0.15, 0.2) is 0 Å². The van der Waals surface area contributed by atoms with Gasteiger partial charge in [-0.2, -0.15) is 5.26 Å². The number of anilines is 1. The number of hydrogen-bond donors (Lipinski definition) is 1. The molecule has 3 aromatic carbocycles. The summed E-state index contributed by atoms with van der Waals surface area (Å²) in [6.07, 6.45) is 2.31. The highest BCUT2D eigenvalue weighted by Crippen LogP contribution is 2.35. The number of rotatable bonds is 3. The number of aryl methyl sites for hydroxylation is 2. The molecular weight excluding hydrogens is 268 g/mol. The fourth-order valence-corrected chi connectivity index (χ4v) is 3.35. The van der Waals surface area contributed by atoms with Crippen LogP contribution in [0.3, 0.4) is 0 Å². The van der Waals surface area contributed by atoms with Gasteiger partial charge in [0.05, 0.1) is 11.6 Å². The predicted molar refractivity (Wildman–Crippen MR) is 89.8 cm³/mol. The lowest BCUT2D eigenvalue weighted by Crippen LogP contribution is -2.00. The molecule has 0 unspecified atom stereocenters. The SMILES string of the molecule is N#Cc1cccc(CNc2ccc3c4c(cccc24)CC3)c1. The third-order valence-electron chi connectivity index (χ3n) is 4.42. The van der Waals surface area contributed by atoms with Crippen molar-refractivity contribution in [2.24, 2.45) is 0 Å². The molecule has 0 amide bonds. The second-order valence-corrected chi connectivity index (χ2v) is 5.78. The van der Waals surface area contributed by atoms with E-state index in [0.717, 1.165) is 24.9 Å². The molecule has 0 aliphatic heterocycles. The van der Waals surface area contributed by atoms with E-state index in [-0.39, 0.29) is 0 Å². The molecular formula is C20H16N2. The van der Waals surface area contributed by atoms with Crippen LogP contribution in [0.2, 0.25) is 0 Å². The maximum Gasteiger partial charge on any atom is 0.0991 e. The van der Waals surface area contributed by atoms with Crippen LogP contribution in [0, 0.1) is 11.3 Å². The summed E-state index contributed by atoms with van der Waals surface area (Å²) in [5.41, 5.74) is 5.93. The van der Waals surface area contributed by atoms with Crippen molar-refractivity contribution < 1.29 is 0 Å². The van der Waals surface area contributed by atoms with Gasteiger partial charge in [-0.05, 0) is 53.1 Å². The standard InChI is InChI=1S/C20H16N2/c21-12-14-3-1-4-15(11-14)13-22-19-10-9-17-8-7-16-5-2-6-18(19)20(16)17/h1-6,9-11,22H,7-8,13H2. The number of nitriles is 1. The molecule has 1 aliphatic carbocycles. The summed E-state index contributed by atoms with van der Waals surface area (Å²) in [4.78, 5) is 0. The Morgan fingerprint density at radius 2 is 1.77 bits per heavy atom. The minimum absolute atomic E-state index is 0.708. The second kappa shape index (κ2) is 5.20. The third kappa shape index (κ3) is 2.12. The third-order valence-corrected chi connectivity index (χ3v) is 4.42. The van der Waals surface area contributed by atoms with Gasteiger partial charge in [0.2, 0.25) is 0 Å². The van der Waals surface area contributed by atoms with E-state index >= 15 is 0 Å². The molecule has 0 atom stereocenters. The molecule has 3 aromatic rings. The first-order valence-corrected chi connectivity index (χ1v) is 7.61. The highest BCUT2D eigenvalue weighted by atomic mass is 14.9. The Morgan fingerprint density at radius 3 is 2.64 bits per heavy atom. The molecule has 106 valence electrons. The first kappa shape index (κ1) is 12.9. The summed E-state index contributed by atoms with van der Waals surface area (Å²) in [7, 11) is 0. The van der Waals surface area contributed by atoms with Crippen LogP contribution in [0.25, 0.3) is 10.8 Å². The zero-order valence-electron chi connectivity index (χ0n) is 12.3. The molecule has 2 nitrogen and oxygen atoms in total. The van der Waals surface area contributed by atoms with Gasteiger partial charge in [-0.1, -0.05) is 36.4 Å². The number of nitrogens with one attached hydrogen (secondary N) is 1. The van der Waals surface area contributed by atoms with E-state index in [2.05, 4.69) is 41.7 Å². The maximum absolute atomic E-state index is 8.99. The van der Waals surface area contributed by atoms with Gasteiger partial charge < -0.3 is 5.32 Å². The summed E-state index contributed by atoms with van der Waals surface area (Å²) in [5.74, 6) is 0. The largest absolute Gasteiger partial charge is 0.380 e. The number of hydrogen-bond acceptors (Lipinski definition) is 2. The molecule has 0 saturated carbocycles. The Kier molecular flexibility index (Phi) is 3.05. The molecule has 0 radical (unpaired) electrons. The average Bonchev–Trinajstić information content (AvgIpc) is 3.00. The van der Waals surface area contributed by atoms with Crippen LogP contribution < -0.4 is 5.32 Å². The fraction of sp³-hybridized carbons (Fsp3) is 0.150. The van der Waals surface area contributed by atoms with Gasteiger partial charge in [0.25, 0.3) is 0 Å². The van der Waals surface area contributed by atoms with Crippen LogP contribution in [0.15, 0.2) is 54.6 Å². The molecule has 0 aromatic heterocycles. The first-order chi connectivity index (χ1) is 10.8. The minimum atomic E-state index is 0.708. The molecule has 0 spiro atoms. The smallest absolute Gasteiger partial charge is 0.0991 e. The van der Waals surface area contributed by atoms with E-state index in [1.807, 2.05) is 24.3 Å². The molecule has 2 heteroatoms. The molecule has 4 rings (SSSR count). The quantitative estimate of drug-likeness (QED) is 0.772. The Hall–Kier alpha value is -2.79. The molecule has 0 fully saturated rings. The molecule has 1 aliphatic rings. The van der Waals surface area contributed by atoms with Crippen molar-refractivity contribution in [1.29, 1.82) is 5.26 Å². The van der Waals surface area contributed by atoms with E-state index in [1.54, 1.807) is 0 Å². The lowest BCUT2D eigenvalue weighted by atomic mass is 10.0. The predicted octanol–water partition coefficient (Wildman–Crippen LogP) is 4.42. The van der Waals surface area contributed by atoms with Crippen molar-refractivity contribution in [3.05, 3.63) is 76.9 Å². The maximum atomic E-state index is 8.99. The van der Waals surface area contributed by atoms with Gasteiger partial charge in [-0.15, -0.1) is 0 Å². The Morgan fingerprint density at radius 1 is 0.955 bits per heavy atom. The second-order valence-electron chi connectivity index (χ2n) is 5.78. The highest BCUT2D eigenvalue weighted by molar-refractivity contribution is 5.99. The van der Waals surface area contributed by atoms with Crippen LogP contribution in [-0.4, -0.2) is 0 Å². The van der Waals surface area contributed by atoms with Gasteiger partial charge in [0.1, 0.15) is 0 Å². The Labute approximate surface area is 130 Å². The van der Waals surface area contributed by atoms with Crippen molar-refractivity contribution in [2.45, 2.75) is 19.4 Å². The summed E-state index contributed by atoms with van der Waals surface area (Å²) in [6.45, 7) is 0.730. The molecule has 22 heavy (non-hydrogen) atoms. The van der Waals surface area contributed by atoms with E-state index in [0.29, 0.717) is 5.56 Å². The number of benzene rings is 3. The monoisotopic (exact) mass is 284 g/mol. The van der Waals surface area contributed by atoms with Gasteiger partial charge in [0, 0.05) is 17.6 Å². The zero-order valence-corrected chi connectivity index (χ0v) is 12.3. The van der Waals surface area contributed by atoms with Crippen LogP contribution in [-0.2, 0) is 19.4 Å². The van der Waals surface area contributed by atoms with Crippen molar-refractivity contribution in [3.8, 4) is 6.07 Å². The number of nitrogens with zero attached hydrogens (tertiary/aromatic N) is 1. The molecule has 0 heterocycles. The lowest BCUT2D eigenvalue weighted by molar-refractivity contribution is 1.02. The minimum Gasteiger partial charge on any atom is -0.380 e. The normalized spacial score (nSPS) is 12.3. The van der Waals surface area contributed by atoms with Crippen molar-refractivity contribution in [2.75, 3.05) is 5.32 Å². The molecule has 1 N–H and O–H groups in total.